The van der Waals surface area contributed by atoms with Gasteiger partial charge in [-0.15, -0.1) is 0 Å². The van der Waals surface area contributed by atoms with Gasteiger partial charge in [0.15, 0.2) is 11.5 Å². The van der Waals surface area contributed by atoms with Gasteiger partial charge in [0.25, 0.3) is 5.69 Å². The van der Waals surface area contributed by atoms with Gasteiger partial charge < -0.3 is 5.21 Å². The zero-order valence-electron chi connectivity index (χ0n) is 12.5. The van der Waals surface area contributed by atoms with Crippen molar-refractivity contribution >= 4 is 21.6 Å². The van der Waals surface area contributed by atoms with Gasteiger partial charge in [0.2, 0.25) is 5.69 Å². The van der Waals surface area contributed by atoms with E-state index in [1.807, 2.05) is 0 Å². The lowest BCUT2D eigenvalue weighted by Gasteiger charge is -2.17. The van der Waals surface area contributed by atoms with E-state index in [2.05, 4.69) is 15.9 Å². The summed E-state index contributed by atoms with van der Waals surface area (Å²) in [6, 6.07) is 1.34. The van der Waals surface area contributed by atoms with Gasteiger partial charge in [-0.25, -0.2) is 4.39 Å². The van der Waals surface area contributed by atoms with Crippen LogP contribution < -0.4 is 10.4 Å². The quantitative estimate of drug-likeness (QED) is 0.243. The molecule has 0 spiro atoms. The van der Waals surface area contributed by atoms with E-state index in [0.717, 1.165) is 13.8 Å². The first-order valence-electron chi connectivity index (χ1n) is 6.44. The molecule has 2 aromatic rings. The highest BCUT2D eigenvalue weighted by molar-refractivity contribution is 9.10. The van der Waals surface area contributed by atoms with Crippen molar-refractivity contribution in [1.82, 2.24) is 4.57 Å². The molecule has 12 heteroatoms. The van der Waals surface area contributed by atoms with E-state index in [0.29, 0.717) is 16.7 Å². The Morgan fingerprint density at radius 3 is 2.32 bits per heavy atom. The molecule has 0 saturated carbocycles. The number of nitro benzene ring substituents is 1. The zero-order valence-corrected chi connectivity index (χ0v) is 14.1. The lowest BCUT2D eigenvalue weighted by Crippen LogP contribution is -2.56. The van der Waals surface area contributed by atoms with Crippen molar-refractivity contribution in [2.24, 2.45) is 0 Å². The van der Waals surface area contributed by atoms with E-state index in [1.54, 1.807) is 0 Å². The monoisotopic (exact) mass is 425 g/mol. The number of alkyl halides is 3. The molecule has 0 aliphatic heterocycles. The molecule has 0 atom stereocenters. The number of nitrogens with zero attached hydrogens (tertiary/aromatic N) is 3. The Labute approximate surface area is 145 Å². The summed E-state index contributed by atoms with van der Waals surface area (Å²) in [4.78, 5) is 22.2. The van der Waals surface area contributed by atoms with Crippen molar-refractivity contribution in [2.45, 2.75) is 20.0 Å². The maximum atomic E-state index is 14.2. The van der Waals surface area contributed by atoms with Crippen molar-refractivity contribution in [3.05, 3.63) is 65.2 Å². The Bertz CT molecular complexity index is 956. The van der Waals surface area contributed by atoms with Crippen molar-refractivity contribution in [1.29, 1.82) is 0 Å². The second kappa shape index (κ2) is 6.10. The summed E-state index contributed by atoms with van der Waals surface area (Å²) in [6.45, 7) is 2.01. The van der Waals surface area contributed by atoms with Gasteiger partial charge in [0, 0.05) is 5.56 Å². The third-order valence-corrected chi connectivity index (χ3v) is 4.16. The molecular formula is C13H8BrF4N3O4. The molecule has 25 heavy (non-hydrogen) atoms. The summed E-state index contributed by atoms with van der Waals surface area (Å²) in [5.74, 6) is -1.14. The molecule has 0 amide bonds. The lowest BCUT2D eigenvalue weighted by molar-refractivity contribution is -0.649. The summed E-state index contributed by atoms with van der Waals surface area (Å²) in [5.41, 5.74) is -5.77. The van der Waals surface area contributed by atoms with Crippen LogP contribution in [0.15, 0.2) is 21.4 Å². The molecule has 1 aromatic heterocycles. The molecule has 134 valence electrons. The predicted octanol–water partition coefficient (Wildman–Crippen LogP) is 2.92. The molecule has 0 aliphatic carbocycles. The third-order valence-electron chi connectivity index (χ3n) is 3.52. The number of halogens is 5. The van der Waals surface area contributed by atoms with Gasteiger partial charge in [-0.3, -0.25) is 10.1 Å². The van der Waals surface area contributed by atoms with Crippen molar-refractivity contribution in [2.75, 3.05) is 0 Å². The van der Waals surface area contributed by atoms with Crippen LogP contribution in [0.3, 0.4) is 0 Å². The van der Waals surface area contributed by atoms with Crippen LogP contribution in [0, 0.1) is 35.0 Å². The molecule has 2 rings (SSSR count). The molecule has 1 heterocycles. The van der Waals surface area contributed by atoms with Gasteiger partial charge >= 0.3 is 11.9 Å². The van der Waals surface area contributed by atoms with E-state index < -0.39 is 50.0 Å². The van der Waals surface area contributed by atoms with E-state index in [1.165, 1.54) is 0 Å². The number of hydrogen-bond acceptors (Lipinski definition) is 4. The van der Waals surface area contributed by atoms with Crippen molar-refractivity contribution < 1.29 is 27.2 Å². The van der Waals surface area contributed by atoms with Crippen LogP contribution in [0.2, 0.25) is 0 Å². The number of rotatable bonds is 2. The highest BCUT2D eigenvalue weighted by atomic mass is 79.9. The van der Waals surface area contributed by atoms with Gasteiger partial charge in [-0.05, 0) is 35.8 Å². The van der Waals surface area contributed by atoms with Gasteiger partial charge in [0.05, 0.1) is 15.5 Å². The molecule has 0 bridgehead atoms. The van der Waals surface area contributed by atoms with Crippen molar-refractivity contribution in [3.63, 3.8) is 0 Å². The minimum atomic E-state index is -5.10. The maximum Gasteiger partial charge on any atom is 0.507 e. The molecule has 0 radical (unpaired) electrons. The third kappa shape index (κ3) is 3.08. The minimum Gasteiger partial charge on any atom is -0.708 e. The van der Waals surface area contributed by atoms with E-state index >= 15 is 0 Å². The summed E-state index contributed by atoms with van der Waals surface area (Å²) in [7, 11) is 0. The summed E-state index contributed by atoms with van der Waals surface area (Å²) < 4.78 is 52.3. The normalized spacial score (nSPS) is 11.6. The van der Waals surface area contributed by atoms with Crippen molar-refractivity contribution in [3.8, 4) is 5.69 Å². The van der Waals surface area contributed by atoms with Crippen LogP contribution in [0.4, 0.5) is 23.2 Å². The lowest BCUT2D eigenvalue weighted by atomic mass is 10.1. The number of nitro groups is 1. The molecule has 0 N–H and O–H groups in total. The largest absolute Gasteiger partial charge is 0.708 e. The number of aromatic nitrogens is 2. The SMILES string of the molecule is Cc1c(C)n(-c2cc([N+](=O)[O-])c(Br)cc2F)c(=O)[n+]([O-])c1C(F)(F)F. The Balaban J connectivity index is 2.94. The fourth-order valence-corrected chi connectivity index (χ4v) is 2.73. The molecule has 0 aliphatic rings. The fraction of sp³-hybridized carbons (Fsp3) is 0.231. The highest BCUT2D eigenvalue weighted by Gasteiger charge is 2.42. The minimum absolute atomic E-state index is 0.233. The Hall–Kier alpha value is -2.50. The summed E-state index contributed by atoms with van der Waals surface area (Å²) >= 11 is 2.77. The topological polar surface area (TPSA) is 92.1 Å². The number of hydrogen-bond donors (Lipinski definition) is 0. The van der Waals surface area contributed by atoms with Crippen LogP contribution in [0.25, 0.3) is 5.69 Å². The molecule has 7 nitrogen and oxygen atoms in total. The second-order valence-corrected chi connectivity index (χ2v) is 5.84. The van der Waals surface area contributed by atoms with Crippen LogP contribution in [0.1, 0.15) is 17.0 Å². The smallest absolute Gasteiger partial charge is 0.507 e. The number of benzene rings is 1. The first kappa shape index (κ1) is 18.8. The first-order chi connectivity index (χ1) is 11.4. The first-order valence-corrected chi connectivity index (χ1v) is 7.24. The van der Waals surface area contributed by atoms with Gasteiger partial charge in [-0.1, -0.05) is 0 Å². The van der Waals surface area contributed by atoms with Crippen LogP contribution in [0.5, 0.6) is 0 Å². The average Bonchev–Trinajstić information content (AvgIpc) is 2.45. The average molecular weight is 426 g/mol. The zero-order chi connectivity index (χ0) is 19.3. The Morgan fingerprint density at radius 1 is 1.28 bits per heavy atom. The second-order valence-electron chi connectivity index (χ2n) is 4.98. The van der Waals surface area contributed by atoms with E-state index in [-0.39, 0.29) is 10.2 Å². The predicted molar refractivity (Wildman–Crippen MR) is 79.8 cm³/mol. The van der Waals surface area contributed by atoms with Gasteiger partial charge in [-0.2, -0.15) is 27.3 Å². The standard InChI is InChI=1S/C13H8BrF4N3O4/c1-5-6(2)19(12(22)20(23)11(5)13(16,17)18)10-4-9(21(24)25)7(14)3-8(10)15/h3-4H,1-2H3. The fourth-order valence-electron chi connectivity index (χ4n) is 2.27. The van der Waals surface area contributed by atoms with E-state index in [4.69, 9.17) is 0 Å². The molecule has 1 aromatic carbocycles. The maximum absolute atomic E-state index is 14.2. The molecule has 0 saturated heterocycles. The summed E-state index contributed by atoms with van der Waals surface area (Å²) in [5, 5.41) is 22.7. The highest BCUT2D eigenvalue weighted by Crippen LogP contribution is 2.32. The summed E-state index contributed by atoms with van der Waals surface area (Å²) in [6.07, 6.45) is -5.10. The Morgan fingerprint density at radius 2 is 1.84 bits per heavy atom. The Kier molecular flexibility index (Phi) is 4.59. The van der Waals surface area contributed by atoms with E-state index in [9.17, 15) is 37.7 Å². The van der Waals surface area contributed by atoms with Crippen LogP contribution >= 0.6 is 15.9 Å². The van der Waals surface area contributed by atoms with Crippen LogP contribution in [-0.4, -0.2) is 9.49 Å². The molecule has 0 unspecified atom stereocenters. The molecular weight excluding hydrogens is 418 g/mol. The molecule has 0 fully saturated rings. The van der Waals surface area contributed by atoms with Gasteiger partial charge in [0.1, 0.15) is 5.69 Å². The van der Waals surface area contributed by atoms with Crippen LogP contribution in [-0.2, 0) is 6.18 Å².